The molecule has 0 fully saturated rings. The third kappa shape index (κ3) is 3.65. The second-order valence-electron chi connectivity index (χ2n) is 2.35. The Bertz CT molecular complexity index is 299. The van der Waals surface area contributed by atoms with Crippen LogP contribution in [-0.4, -0.2) is 5.51 Å². The second kappa shape index (κ2) is 4.29. The molecule has 0 aliphatic heterocycles. The van der Waals surface area contributed by atoms with Crippen molar-refractivity contribution in [2.45, 2.75) is 10.4 Å². The average molecular weight is 243 g/mol. The van der Waals surface area contributed by atoms with Gasteiger partial charge in [0.15, 0.2) is 0 Å². The van der Waals surface area contributed by atoms with E-state index in [9.17, 15) is 13.2 Å². The van der Waals surface area contributed by atoms with Gasteiger partial charge in [-0.15, -0.1) is 0 Å². The van der Waals surface area contributed by atoms with Crippen LogP contribution in [0.15, 0.2) is 29.2 Å². The first-order chi connectivity index (χ1) is 6.38. The lowest BCUT2D eigenvalue weighted by molar-refractivity contribution is -0.0328. The highest BCUT2D eigenvalue weighted by atomic mass is 35.5. The fourth-order valence-electron chi connectivity index (χ4n) is 0.790. The van der Waals surface area contributed by atoms with E-state index in [1.807, 2.05) is 0 Å². The fraction of sp³-hybridized carbons (Fsp3) is 0.143. The molecule has 0 bridgehead atoms. The molecule has 0 spiro atoms. The molecule has 0 saturated heterocycles. The summed E-state index contributed by atoms with van der Waals surface area (Å²) in [5.41, 5.74) is -3.84. The van der Waals surface area contributed by atoms with Gasteiger partial charge < -0.3 is 0 Å². The number of rotatable bonds is 2. The Balaban J connectivity index is 2.74. The van der Waals surface area contributed by atoms with Crippen molar-refractivity contribution in [2.24, 2.45) is 5.84 Å². The van der Waals surface area contributed by atoms with Gasteiger partial charge in [-0.25, -0.2) is 10.4 Å². The Hall–Kier alpha value is -0.590. The molecule has 0 aliphatic carbocycles. The Morgan fingerprint density at radius 3 is 2.07 bits per heavy atom. The first kappa shape index (κ1) is 11.5. The van der Waals surface area contributed by atoms with E-state index in [2.05, 4.69) is 0 Å². The minimum absolute atomic E-state index is 0.0970. The maximum Gasteiger partial charge on any atom is 0.446 e. The highest BCUT2D eigenvalue weighted by molar-refractivity contribution is 8.00. The van der Waals surface area contributed by atoms with Crippen molar-refractivity contribution in [1.29, 1.82) is 0 Å². The number of anilines is 1. The normalized spacial score (nSPS) is 11.5. The number of hydrogen-bond donors (Lipinski definition) is 1. The van der Waals surface area contributed by atoms with Crippen molar-refractivity contribution in [3.8, 4) is 0 Å². The summed E-state index contributed by atoms with van der Waals surface area (Å²) in [5, 5.41) is 0. The number of thioether (sulfide) groups is 1. The molecule has 2 N–H and O–H groups in total. The van der Waals surface area contributed by atoms with Crippen molar-refractivity contribution in [1.82, 2.24) is 0 Å². The number of hydrogen-bond acceptors (Lipinski definition) is 3. The van der Waals surface area contributed by atoms with Gasteiger partial charge in [-0.2, -0.15) is 13.2 Å². The topological polar surface area (TPSA) is 29.3 Å². The lowest BCUT2D eigenvalue weighted by Crippen LogP contribution is -2.17. The van der Waals surface area contributed by atoms with Gasteiger partial charge in [-0.05, 0) is 36.0 Å². The van der Waals surface area contributed by atoms with Crippen molar-refractivity contribution in [3.05, 3.63) is 24.3 Å². The van der Waals surface area contributed by atoms with Gasteiger partial charge >= 0.3 is 5.51 Å². The molecular weight excluding hydrogens is 237 g/mol. The highest BCUT2D eigenvalue weighted by Gasteiger charge is 2.28. The summed E-state index contributed by atoms with van der Waals surface area (Å²) in [6.07, 6.45) is 0. The molecule has 0 atom stereocenters. The maximum atomic E-state index is 11.9. The summed E-state index contributed by atoms with van der Waals surface area (Å²) < 4.78 is 36.5. The number of halogens is 4. The minimum Gasteiger partial charge on any atom is -0.232 e. The van der Waals surface area contributed by atoms with Gasteiger partial charge in [0.25, 0.3) is 0 Å². The van der Waals surface area contributed by atoms with Gasteiger partial charge in [0.2, 0.25) is 0 Å². The lowest BCUT2D eigenvalue weighted by Gasteiger charge is -2.09. The molecule has 0 saturated carbocycles. The predicted molar refractivity (Wildman–Crippen MR) is 50.9 cm³/mol. The smallest absolute Gasteiger partial charge is 0.232 e. The zero-order chi connectivity index (χ0) is 10.8. The molecule has 0 amide bonds. The number of hydrazine groups is 1. The van der Waals surface area contributed by atoms with Crippen LogP contribution in [0.2, 0.25) is 0 Å². The van der Waals surface area contributed by atoms with Crippen LogP contribution in [-0.2, 0) is 0 Å². The predicted octanol–water partition coefficient (Wildman–Crippen LogP) is 3.13. The largest absolute Gasteiger partial charge is 0.446 e. The molecule has 2 nitrogen and oxygen atoms in total. The average Bonchev–Trinajstić information content (AvgIpc) is 2.02. The van der Waals surface area contributed by atoms with Crippen LogP contribution < -0.4 is 10.4 Å². The summed E-state index contributed by atoms with van der Waals surface area (Å²) in [6.45, 7) is 0. The van der Waals surface area contributed by atoms with Crippen LogP contribution >= 0.6 is 23.5 Å². The molecule has 14 heavy (non-hydrogen) atoms. The molecular formula is C7H6ClF3N2S. The molecule has 1 rings (SSSR count). The van der Waals surface area contributed by atoms with Crippen molar-refractivity contribution >= 4 is 29.2 Å². The molecule has 7 heteroatoms. The zero-order valence-electron chi connectivity index (χ0n) is 6.75. The molecule has 0 aromatic heterocycles. The van der Waals surface area contributed by atoms with Gasteiger partial charge in [0, 0.05) is 16.7 Å². The maximum absolute atomic E-state index is 11.9. The van der Waals surface area contributed by atoms with Gasteiger partial charge in [0.1, 0.15) is 0 Å². The molecule has 0 radical (unpaired) electrons. The first-order valence-corrected chi connectivity index (χ1v) is 4.60. The van der Waals surface area contributed by atoms with Crippen molar-refractivity contribution in [2.75, 3.05) is 4.53 Å². The van der Waals surface area contributed by atoms with Crippen LogP contribution in [0.5, 0.6) is 0 Å². The third-order valence-electron chi connectivity index (χ3n) is 1.32. The third-order valence-corrected chi connectivity index (χ3v) is 2.25. The summed E-state index contributed by atoms with van der Waals surface area (Å²) in [5.74, 6) is 5.16. The molecule has 1 aromatic rings. The minimum atomic E-state index is -4.27. The number of nitrogens with two attached hydrogens (primary N) is 1. The second-order valence-corrected chi connectivity index (χ2v) is 3.86. The van der Waals surface area contributed by atoms with E-state index < -0.39 is 5.51 Å². The van der Waals surface area contributed by atoms with Crippen LogP contribution in [0.25, 0.3) is 0 Å². The van der Waals surface area contributed by atoms with Crippen LogP contribution in [0.3, 0.4) is 0 Å². The number of nitrogens with zero attached hydrogens (tertiary/aromatic N) is 1. The van der Waals surface area contributed by atoms with E-state index >= 15 is 0 Å². The summed E-state index contributed by atoms with van der Waals surface area (Å²) in [6, 6.07) is 5.41. The summed E-state index contributed by atoms with van der Waals surface area (Å²) >= 11 is 5.19. The van der Waals surface area contributed by atoms with Crippen LogP contribution in [0.1, 0.15) is 0 Å². The molecule has 0 aliphatic rings. The summed E-state index contributed by atoms with van der Waals surface area (Å²) in [7, 11) is 0. The fourth-order valence-corrected chi connectivity index (χ4v) is 1.44. The highest BCUT2D eigenvalue weighted by Crippen LogP contribution is 2.37. The Kier molecular flexibility index (Phi) is 3.52. The zero-order valence-corrected chi connectivity index (χ0v) is 8.33. The van der Waals surface area contributed by atoms with E-state index in [-0.39, 0.29) is 16.7 Å². The molecule has 1 aromatic carbocycles. The van der Waals surface area contributed by atoms with Crippen molar-refractivity contribution < 1.29 is 13.2 Å². The van der Waals surface area contributed by atoms with Crippen LogP contribution in [0, 0.1) is 0 Å². The quantitative estimate of drug-likeness (QED) is 0.374. The monoisotopic (exact) mass is 242 g/mol. The van der Waals surface area contributed by atoms with Gasteiger partial charge in [-0.3, -0.25) is 0 Å². The van der Waals surface area contributed by atoms with E-state index in [0.717, 1.165) is 4.53 Å². The molecule has 0 heterocycles. The summed E-state index contributed by atoms with van der Waals surface area (Å²) in [4.78, 5) is 0.0970. The Morgan fingerprint density at radius 2 is 1.71 bits per heavy atom. The Morgan fingerprint density at radius 1 is 1.21 bits per heavy atom. The lowest BCUT2D eigenvalue weighted by atomic mass is 10.3. The molecule has 0 unspecified atom stereocenters. The van der Waals surface area contributed by atoms with E-state index in [0.29, 0.717) is 5.69 Å². The van der Waals surface area contributed by atoms with Crippen LogP contribution in [0.4, 0.5) is 18.9 Å². The number of alkyl halides is 3. The molecule has 78 valence electrons. The van der Waals surface area contributed by atoms with E-state index in [4.69, 9.17) is 17.6 Å². The van der Waals surface area contributed by atoms with Gasteiger partial charge in [0.05, 0.1) is 5.69 Å². The van der Waals surface area contributed by atoms with Crippen molar-refractivity contribution in [3.63, 3.8) is 0 Å². The van der Waals surface area contributed by atoms with E-state index in [1.165, 1.54) is 24.3 Å². The van der Waals surface area contributed by atoms with Gasteiger partial charge in [-0.1, -0.05) is 0 Å². The Labute approximate surface area is 87.9 Å². The number of benzene rings is 1. The SMILES string of the molecule is NN(Cl)c1ccc(SC(F)(F)F)cc1. The first-order valence-electron chi connectivity index (χ1n) is 3.45. The standard InChI is InChI=1S/C7H6ClF3N2S/c8-13(12)5-1-3-6(4-2-5)14-7(9,10)11/h1-4H,12H2. The van der Waals surface area contributed by atoms with E-state index in [1.54, 1.807) is 0 Å².